The van der Waals surface area contributed by atoms with Crippen LogP contribution in [0.4, 0.5) is 5.95 Å². The van der Waals surface area contributed by atoms with Crippen molar-refractivity contribution in [3.8, 4) is 0 Å². The lowest BCUT2D eigenvalue weighted by Gasteiger charge is -2.19. The summed E-state index contributed by atoms with van der Waals surface area (Å²) in [5.74, 6) is 0.729. The Morgan fingerprint density at radius 1 is 1.50 bits per heavy atom. The fourth-order valence-corrected chi connectivity index (χ4v) is 1.84. The van der Waals surface area contributed by atoms with Gasteiger partial charge < -0.3 is 10.2 Å². The fraction of sp³-hybridized carbons (Fsp3) is 0.600. The van der Waals surface area contributed by atoms with Crippen LogP contribution in [0.15, 0.2) is 18.5 Å². The molecule has 0 aliphatic carbocycles. The van der Waals surface area contributed by atoms with Gasteiger partial charge in [-0.15, -0.1) is 0 Å². The second kappa shape index (κ2) is 4.37. The van der Waals surface area contributed by atoms with Crippen molar-refractivity contribution in [3.05, 3.63) is 18.5 Å². The van der Waals surface area contributed by atoms with Crippen molar-refractivity contribution in [1.82, 2.24) is 14.9 Å². The Kier molecular flexibility index (Phi) is 2.93. The molecule has 0 spiro atoms. The summed E-state index contributed by atoms with van der Waals surface area (Å²) in [6, 6.07) is 2.46. The third-order valence-corrected chi connectivity index (χ3v) is 2.73. The summed E-state index contributed by atoms with van der Waals surface area (Å²) in [6.45, 7) is 2.16. The van der Waals surface area contributed by atoms with Gasteiger partial charge in [-0.05, 0) is 32.5 Å². The number of likely N-dealkylation sites (N-methyl/N-ethyl adjacent to an activating group) is 1. The maximum atomic E-state index is 4.12. The molecule has 1 aromatic rings. The summed E-state index contributed by atoms with van der Waals surface area (Å²) in [6.07, 6.45) is 6.09. The van der Waals surface area contributed by atoms with E-state index in [0.29, 0.717) is 6.04 Å². The van der Waals surface area contributed by atoms with Gasteiger partial charge >= 0.3 is 0 Å². The summed E-state index contributed by atoms with van der Waals surface area (Å²) in [4.78, 5) is 10.6. The van der Waals surface area contributed by atoms with E-state index >= 15 is 0 Å². The second-order valence-electron chi connectivity index (χ2n) is 3.73. The average molecular weight is 192 g/mol. The molecule has 14 heavy (non-hydrogen) atoms. The number of hydrogen-bond donors (Lipinski definition) is 1. The molecule has 2 rings (SSSR count). The van der Waals surface area contributed by atoms with Crippen molar-refractivity contribution < 1.29 is 0 Å². The van der Waals surface area contributed by atoms with Crippen molar-refractivity contribution in [2.24, 2.45) is 0 Å². The predicted molar refractivity (Wildman–Crippen MR) is 56.2 cm³/mol. The fourth-order valence-electron chi connectivity index (χ4n) is 1.84. The molecule has 0 amide bonds. The van der Waals surface area contributed by atoms with Gasteiger partial charge in [0.05, 0.1) is 0 Å². The van der Waals surface area contributed by atoms with Crippen molar-refractivity contribution in [2.75, 3.05) is 25.5 Å². The minimum Gasteiger partial charge on any atom is -0.353 e. The Balaban J connectivity index is 1.82. The molecular formula is C10H16N4. The van der Waals surface area contributed by atoms with Crippen molar-refractivity contribution in [2.45, 2.75) is 18.9 Å². The lowest BCUT2D eigenvalue weighted by molar-refractivity contribution is 0.322. The summed E-state index contributed by atoms with van der Waals surface area (Å²) in [5.41, 5.74) is 0. The van der Waals surface area contributed by atoms with E-state index in [4.69, 9.17) is 0 Å². The van der Waals surface area contributed by atoms with Gasteiger partial charge in [-0.2, -0.15) is 0 Å². The zero-order chi connectivity index (χ0) is 9.80. The molecule has 0 radical (unpaired) electrons. The molecule has 1 N–H and O–H groups in total. The first-order valence-corrected chi connectivity index (χ1v) is 5.07. The Hall–Kier alpha value is -1.16. The van der Waals surface area contributed by atoms with Crippen LogP contribution in [-0.4, -0.2) is 41.0 Å². The standard InChI is InChI=1S/C10H16N4/c1-14-7-2-4-9(14)8-13-10-11-5-3-6-12-10/h3,5-6,9H,2,4,7-8H2,1H3,(H,11,12,13). The molecule has 4 nitrogen and oxygen atoms in total. The quantitative estimate of drug-likeness (QED) is 0.775. The van der Waals surface area contributed by atoms with E-state index in [9.17, 15) is 0 Å². The highest BCUT2D eigenvalue weighted by Crippen LogP contribution is 2.14. The highest BCUT2D eigenvalue weighted by atomic mass is 15.2. The summed E-state index contributed by atoms with van der Waals surface area (Å²) in [7, 11) is 2.17. The summed E-state index contributed by atoms with van der Waals surface area (Å²) < 4.78 is 0. The van der Waals surface area contributed by atoms with E-state index in [0.717, 1.165) is 12.5 Å². The molecular weight excluding hydrogens is 176 g/mol. The number of nitrogens with zero attached hydrogens (tertiary/aromatic N) is 3. The zero-order valence-electron chi connectivity index (χ0n) is 8.48. The molecule has 1 fully saturated rings. The van der Waals surface area contributed by atoms with Crippen LogP contribution in [0.2, 0.25) is 0 Å². The molecule has 0 aromatic carbocycles. The van der Waals surface area contributed by atoms with Gasteiger partial charge in [0.2, 0.25) is 5.95 Å². The van der Waals surface area contributed by atoms with Crippen molar-refractivity contribution in [3.63, 3.8) is 0 Å². The molecule has 4 heteroatoms. The maximum Gasteiger partial charge on any atom is 0.222 e. The molecule has 1 aliphatic rings. The Morgan fingerprint density at radius 2 is 2.29 bits per heavy atom. The first-order chi connectivity index (χ1) is 6.86. The number of hydrogen-bond acceptors (Lipinski definition) is 4. The van der Waals surface area contributed by atoms with Gasteiger partial charge in [0, 0.05) is 25.0 Å². The SMILES string of the molecule is CN1CCCC1CNc1ncccn1. The zero-order valence-corrected chi connectivity index (χ0v) is 8.48. The molecule has 0 saturated carbocycles. The highest BCUT2D eigenvalue weighted by Gasteiger charge is 2.20. The highest BCUT2D eigenvalue weighted by molar-refractivity contribution is 5.22. The lowest BCUT2D eigenvalue weighted by atomic mass is 10.2. The van der Waals surface area contributed by atoms with Crippen LogP contribution in [0, 0.1) is 0 Å². The topological polar surface area (TPSA) is 41.0 Å². The molecule has 1 aromatic heterocycles. The smallest absolute Gasteiger partial charge is 0.222 e. The summed E-state index contributed by atoms with van der Waals surface area (Å²) in [5, 5.41) is 3.25. The normalized spacial score (nSPS) is 22.5. The number of nitrogens with one attached hydrogen (secondary N) is 1. The minimum atomic E-state index is 0.638. The van der Waals surface area contributed by atoms with Crippen LogP contribution in [0.25, 0.3) is 0 Å². The van der Waals surface area contributed by atoms with Crippen LogP contribution in [0.3, 0.4) is 0 Å². The van der Waals surface area contributed by atoms with Crippen LogP contribution in [0.1, 0.15) is 12.8 Å². The minimum absolute atomic E-state index is 0.638. The van der Waals surface area contributed by atoms with Crippen molar-refractivity contribution in [1.29, 1.82) is 0 Å². The number of aromatic nitrogens is 2. The van der Waals surface area contributed by atoms with E-state index in [1.54, 1.807) is 12.4 Å². The van der Waals surface area contributed by atoms with Crippen LogP contribution < -0.4 is 5.32 Å². The van der Waals surface area contributed by atoms with Crippen LogP contribution in [0.5, 0.6) is 0 Å². The van der Waals surface area contributed by atoms with Crippen molar-refractivity contribution >= 4 is 5.95 Å². The van der Waals surface area contributed by atoms with E-state index < -0.39 is 0 Å². The molecule has 76 valence electrons. The van der Waals surface area contributed by atoms with Gasteiger partial charge in [-0.3, -0.25) is 0 Å². The van der Waals surface area contributed by atoms with Gasteiger partial charge in [0.1, 0.15) is 0 Å². The lowest BCUT2D eigenvalue weighted by Crippen LogP contribution is -2.31. The summed E-state index contributed by atoms with van der Waals surface area (Å²) >= 11 is 0. The van der Waals surface area contributed by atoms with E-state index in [1.807, 2.05) is 6.07 Å². The first-order valence-electron chi connectivity index (χ1n) is 5.07. The number of rotatable bonds is 3. The van der Waals surface area contributed by atoms with Gasteiger partial charge in [-0.25, -0.2) is 9.97 Å². The number of anilines is 1. The number of likely N-dealkylation sites (tertiary alicyclic amines) is 1. The molecule has 2 heterocycles. The monoisotopic (exact) mass is 192 g/mol. The third kappa shape index (κ3) is 2.20. The van der Waals surface area contributed by atoms with E-state index in [-0.39, 0.29) is 0 Å². The molecule has 1 aliphatic heterocycles. The Morgan fingerprint density at radius 3 is 2.93 bits per heavy atom. The average Bonchev–Trinajstić information content (AvgIpc) is 2.63. The first kappa shape index (κ1) is 9.40. The van der Waals surface area contributed by atoms with E-state index in [2.05, 4.69) is 27.2 Å². The maximum absolute atomic E-state index is 4.12. The van der Waals surface area contributed by atoms with Crippen LogP contribution in [-0.2, 0) is 0 Å². The molecule has 1 saturated heterocycles. The third-order valence-electron chi connectivity index (χ3n) is 2.73. The second-order valence-corrected chi connectivity index (χ2v) is 3.73. The van der Waals surface area contributed by atoms with E-state index in [1.165, 1.54) is 19.4 Å². The largest absolute Gasteiger partial charge is 0.353 e. The Bertz CT molecular complexity index is 275. The molecule has 0 bridgehead atoms. The predicted octanol–water partition coefficient (Wildman–Crippen LogP) is 0.983. The molecule has 1 atom stereocenters. The van der Waals surface area contributed by atoms with Gasteiger partial charge in [-0.1, -0.05) is 0 Å². The Labute approximate surface area is 84.4 Å². The van der Waals surface area contributed by atoms with Gasteiger partial charge in [0.25, 0.3) is 0 Å². The van der Waals surface area contributed by atoms with Gasteiger partial charge in [0.15, 0.2) is 0 Å². The molecule has 1 unspecified atom stereocenters. The van der Waals surface area contributed by atoms with Crippen LogP contribution >= 0.6 is 0 Å².